The van der Waals surface area contributed by atoms with Crippen molar-refractivity contribution in [3.05, 3.63) is 22.1 Å². The lowest BCUT2D eigenvalue weighted by Gasteiger charge is -2.03. The van der Waals surface area contributed by atoms with Gasteiger partial charge in [0.2, 0.25) is 0 Å². The maximum atomic E-state index is 11.7. The van der Waals surface area contributed by atoms with E-state index in [-0.39, 0.29) is 11.1 Å². The summed E-state index contributed by atoms with van der Waals surface area (Å²) in [5, 5.41) is 0.656. The van der Waals surface area contributed by atoms with Gasteiger partial charge in [0.05, 0.1) is 0 Å². The second-order valence-corrected chi connectivity index (χ2v) is 3.80. The highest BCUT2D eigenvalue weighted by Gasteiger charge is 2.18. The highest BCUT2D eigenvalue weighted by molar-refractivity contribution is 7.99. The summed E-state index contributed by atoms with van der Waals surface area (Å²) in [6.07, 6.45) is 1.26. The number of nitrogens with two attached hydrogens (primary N) is 1. The van der Waals surface area contributed by atoms with Crippen molar-refractivity contribution in [2.75, 3.05) is 5.75 Å². The molecule has 0 bridgehead atoms. The molecule has 0 saturated heterocycles. The van der Waals surface area contributed by atoms with Gasteiger partial charge < -0.3 is 0 Å². The van der Waals surface area contributed by atoms with E-state index in [2.05, 4.69) is 4.98 Å². The molecule has 0 atom stereocenters. The van der Waals surface area contributed by atoms with Crippen LogP contribution in [0.1, 0.15) is 10.4 Å². The number of nitrogens with zero attached hydrogens (tertiary/aromatic N) is 2. The average molecular weight is 212 g/mol. The van der Waals surface area contributed by atoms with Crippen molar-refractivity contribution in [1.82, 2.24) is 15.0 Å². The van der Waals surface area contributed by atoms with Crippen LogP contribution in [-0.4, -0.2) is 21.2 Å². The normalized spacial score (nSPS) is 13.8. The highest BCUT2D eigenvalue weighted by atomic mass is 32.2. The topological polar surface area (TPSA) is 90.0 Å². The number of hydrazine groups is 1. The van der Waals surface area contributed by atoms with Crippen LogP contribution >= 0.6 is 11.8 Å². The Labute approximate surface area is 83.5 Å². The van der Waals surface area contributed by atoms with Crippen LogP contribution in [0.2, 0.25) is 0 Å². The molecule has 7 heteroatoms. The fourth-order valence-corrected chi connectivity index (χ4v) is 2.16. The third-order valence-electron chi connectivity index (χ3n) is 1.93. The molecular formula is C7H8N4O2S. The number of hydrogen-bond donors (Lipinski definition) is 2. The van der Waals surface area contributed by atoms with Gasteiger partial charge in [0.15, 0.2) is 5.16 Å². The molecule has 0 fully saturated rings. The SMILES string of the molecule is NNC(=O)c1cnc2n(c1=O)CCS2. The predicted octanol–water partition coefficient (Wildman–Crippen LogP) is -1.05. The van der Waals surface area contributed by atoms with E-state index in [1.165, 1.54) is 22.5 Å². The number of rotatable bonds is 1. The number of nitrogen functional groups attached to an aromatic ring is 1. The number of thioether (sulfide) groups is 1. The summed E-state index contributed by atoms with van der Waals surface area (Å²) in [4.78, 5) is 26.8. The summed E-state index contributed by atoms with van der Waals surface area (Å²) >= 11 is 1.50. The van der Waals surface area contributed by atoms with Crippen LogP contribution in [0, 0.1) is 0 Å². The van der Waals surface area contributed by atoms with Crippen LogP contribution in [0.5, 0.6) is 0 Å². The Bertz CT molecular complexity index is 442. The van der Waals surface area contributed by atoms with Crippen molar-refractivity contribution < 1.29 is 4.79 Å². The first-order chi connectivity index (χ1) is 6.74. The van der Waals surface area contributed by atoms with Gasteiger partial charge in [-0.15, -0.1) is 0 Å². The van der Waals surface area contributed by atoms with E-state index in [9.17, 15) is 9.59 Å². The Morgan fingerprint density at radius 2 is 2.50 bits per heavy atom. The van der Waals surface area contributed by atoms with Crippen LogP contribution in [0.15, 0.2) is 16.1 Å². The molecule has 1 aromatic heterocycles. The molecule has 6 nitrogen and oxygen atoms in total. The largest absolute Gasteiger partial charge is 0.290 e. The van der Waals surface area contributed by atoms with Crippen molar-refractivity contribution in [1.29, 1.82) is 0 Å². The highest BCUT2D eigenvalue weighted by Crippen LogP contribution is 2.20. The maximum Gasteiger partial charge on any atom is 0.272 e. The Morgan fingerprint density at radius 3 is 3.21 bits per heavy atom. The first kappa shape index (κ1) is 9.22. The molecule has 1 amide bonds. The summed E-state index contributed by atoms with van der Waals surface area (Å²) in [5.41, 5.74) is 1.57. The van der Waals surface area contributed by atoms with Crippen molar-refractivity contribution in [3.63, 3.8) is 0 Å². The van der Waals surface area contributed by atoms with E-state index in [0.29, 0.717) is 11.7 Å². The van der Waals surface area contributed by atoms with Gasteiger partial charge in [-0.25, -0.2) is 10.8 Å². The monoisotopic (exact) mass is 212 g/mol. The van der Waals surface area contributed by atoms with Gasteiger partial charge in [-0.1, -0.05) is 11.8 Å². The zero-order valence-electron chi connectivity index (χ0n) is 7.19. The van der Waals surface area contributed by atoms with Gasteiger partial charge in [0, 0.05) is 18.5 Å². The number of nitrogens with one attached hydrogen (secondary N) is 1. The minimum absolute atomic E-state index is 0.0150. The molecule has 1 aliphatic rings. The Hall–Kier alpha value is -1.34. The first-order valence-electron chi connectivity index (χ1n) is 3.97. The number of aromatic nitrogens is 2. The standard InChI is InChI=1S/C7H8N4O2S/c8-10-5(12)4-3-9-7-11(6(4)13)1-2-14-7/h3H,1-2,8H2,(H,10,12). The lowest BCUT2D eigenvalue weighted by atomic mass is 10.3. The molecule has 14 heavy (non-hydrogen) atoms. The van der Waals surface area contributed by atoms with E-state index in [4.69, 9.17) is 5.84 Å². The average Bonchev–Trinajstić information content (AvgIpc) is 2.66. The molecule has 1 aromatic rings. The van der Waals surface area contributed by atoms with Crippen molar-refractivity contribution in [3.8, 4) is 0 Å². The van der Waals surface area contributed by atoms with Gasteiger partial charge in [0.1, 0.15) is 5.56 Å². The molecule has 1 aliphatic heterocycles. The zero-order chi connectivity index (χ0) is 10.1. The summed E-state index contributed by atoms with van der Waals surface area (Å²) in [5.74, 6) is 5.15. The minimum Gasteiger partial charge on any atom is -0.290 e. The third-order valence-corrected chi connectivity index (χ3v) is 2.90. The van der Waals surface area contributed by atoms with Crippen LogP contribution < -0.4 is 16.8 Å². The molecule has 2 heterocycles. The molecule has 2 rings (SSSR count). The van der Waals surface area contributed by atoms with Crippen molar-refractivity contribution in [2.24, 2.45) is 5.84 Å². The lowest BCUT2D eigenvalue weighted by Crippen LogP contribution is -2.36. The molecule has 0 aliphatic carbocycles. The fraction of sp³-hybridized carbons (Fsp3) is 0.286. The number of hydrogen-bond acceptors (Lipinski definition) is 5. The molecule has 0 radical (unpaired) electrons. The molecule has 0 aromatic carbocycles. The quantitative estimate of drug-likeness (QED) is 0.268. The molecule has 0 unspecified atom stereocenters. The zero-order valence-corrected chi connectivity index (χ0v) is 8.00. The van der Waals surface area contributed by atoms with Gasteiger partial charge in [-0.2, -0.15) is 0 Å². The van der Waals surface area contributed by atoms with Gasteiger partial charge in [-0.05, 0) is 0 Å². The Kier molecular flexibility index (Phi) is 2.26. The number of carbonyl (C=O) groups is 1. The molecular weight excluding hydrogens is 204 g/mol. The number of amides is 1. The van der Waals surface area contributed by atoms with Gasteiger partial charge in [-0.3, -0.25) is 19.6 Å². The predicted molar refractivity (Wildman–Crippen MR) is 50.9 cm³/mol. The summed E-state index contributed by atoms with van der Waals surface area (Å²) in [6, 6.07) is 0. The Balaban J connectivity index is 2.56. The first-order valence-corrected chi connectivity index (χ1v) is 4.96. The van der Waals surface area contributed by atoms with E-state index in [1.54, 1.807) is 0 Å². The van der Waals surface area contributed by atoms with Gasteiger partial charge >= 0.3 is 0 Å². The molecule has 0 spiro atoms. The minimum atomic E-state index is -0.602. The fourth-order valence-electron chi connectivity index (χ4n) is 1.25. The number of fused-ring (bicyclic) bond motifs is 1. The van der Waals surface area contributed by atoms with E-state index >= 15 is 0 Å². The second-order valence-electron chi connectivity index (χ2n) is 2.73. The van der Waals surface area contributed by atoms with E-state index in [1.807, 2.05) is 5.43 Å². The second kappa shape index (κ2) is 3.43. The lowest BCUT2D eigenvalue weighted by molar-refractivity contribution is 0.0950. The van der Waals surface area contributed by atoms with Crippen molar-refractivity contribution in [2.45, 2.75) is 11.7 Å². The van der Waals surface area contributed by atoms with E-state index < -0.39 is 5.91 Å². The van der Waals surface area contributed by atoms with Gasteiger partial charge in [0.25, 0.3) is 11.5 Å². The van der Waals surface area contributed by atoms with Crippen molar-refractivity contribution >= 4 is 17.7 Å². The summed E-state index contributed by atoms with van der Waals surface area (Å²) in [7, 11) is 0. The Morgan fingerprint density at radius 1 is 1.71 bits per heavy atom. The molecule has 74 valence electrons. The molecule has 3 N–H and O–H groups in total. The number of carbonyl (C=O) groups excluding carboxylic acids is 1. The molecule has 0 saturated carbocycles. The van der Waals surface area contributed by atoms with E-state index in [0.717, 1.165) is 5.75 Å². The summed E-state index contributed by atoms with van der Waals surface area (Å²) < 4.78 is 1.48. The summed E-state index contributed by atoms with van der Waals surface area (Å²) in [6.45, 7) is 0.595. The third kappa shape index (κ3) is 1.30. The van der Waals surface area contributed by atoms with Crippen LogP contribution in [-0.2, 0) is 6.54 Å². The maximum absolute atomic E-state index is 11.7. The van der Waals surface area contributed by atoms with Crippen LogP contribution in [0.4, 0.5) is 0 Å². The van der Waals surface area contributed by atoms with Crippen LogP contribution in [0.3, 0.4) is 0 Å². The smallest absolute Gasteiger partial charge is 0.272 e. The van der Waals surface area contributed by atoms with Crippen LogP contribution in [0.25, 0.3) is 0 Å².